The third-order valence-electron chi connectivity index (χ3n) is 3.82. The summed E-state index contributed by atoms with van der Waals surface area (Å²) in [5.74, 6) is 1.01. The zero-order valence-electron chi connectivity index (χ0n) is 13.4. The molecule has 0 spiro atoms. The fourth-order valence-corrected chi connectivity index (χ4v) is 3.35. The van der Waals surface area contributed by atoms with Crippen LogP contribution < -0.4 is 5.32 Å². The van der Waals surface area contributed by atoms with Gasteiger partial charge in [0, 0.05) is 30.2 Å². The Labute approximate surface area is 138 Å². The Morgan fingerprint density at radius 1 is 1.52 bits per heavy atom. The highest BCUT2D eigenvalue weighted by Crippen LogP contribution is 2.26. The van der Waals surface area contributed by atoms with Gasteiger partial charge in [-0.25, -0.2) is 4.98 Å². The number of morpholine rings is 1. The first-order valence-electron chi connectivity index (χ1n) is 7.55. The third-order valence-corrected chi connectivity index (χ3v) is 4.87. The first-order chi connectivity index (χ1) is 11.0. The fraction of sp³-hybridized carbons (Fsp3) is 0.533. The summed E-state index contributed by atoms with van der Waals surface area (Å²) in [6.45, 7) is 7.60. The average molecular weight is 336 g/mol. The number of aryl methyl sites for hydroxylation is 2. The molecular weight excluding hydrogens is 316 g/mol. The van der Waals surface area contributed by atoms with Crippen molar-refractivity contribution in [3.05, 3.63) is 27.9 Å². The van der Waals surface area contributed by atoms with E-state index >= 15 is 0 Å². The molecule has 3 heterocycles. The van der Waals surface area contributed by atoms with Crippen LogP contribution >= 0.6 is 11.3 Å². The Morgan fingerprint density at radius 3 is 3.00 bits per heavy atom. The minimum absolute atomic E-state index is 0.0769. The van der Waals surface area contributed by atoms with Crippen LogP contribution in [0.25, 0.3) is 0 Å². The van der Waals surface area contributed by atoms with Gasteiger partial charge < -0.3 is 14.6 Å². The maximum Gasteiger partial charge on any atom is 0.242 e. The molecule has 1 aliphatic rings. The summed E-state index contributed by atoms with van der Waals surface area (Å²) in [6.07, 6.45) is -0.0769. The smallest absolute Gasteiger partial charge is 0.242 e. The topological polar surface area (TPSA) is 80.5 Å². The number of amides is 1. The number of rotatable bonds is 4. The molecule has 1 saturated heterocycles. The molecule has 0 saturated carbocycles. The molecule has 0 aromatic carbocycles. The Bertz CT molecular complexity index is 684. The number of anilines is 1. The van der Waals surface area contributed by atoms with Crippen molar-refractivity contribution in [3.63, 3.8) is 0 Å². The minimum Gasteiger partial charge on any atom is -0.368 e. The van der Waals surface area contributed by atoms with Crippen molar-refractivity contribution < 1.29 is 14.1 Å². The standard InChI is InChI=1S/C15H20N4O3S/c1-9-8-23-15(16-9)12-7-19(4-5-21-12)11(3)14(20)17-13-6-10(2)22-18-13/h6,8,11-12H,4-5,7H2,1-3H3,(H,17,18,20)/t11-,12-/m1/s1. The fourth-order valence-electron chi connectivity index (χ4n) is 2.51. The van der Waals surface area contributed by atoms with Crippen LogP contribution in [0.15, 0.2) is 16.0 Å². The summed E-state index contributed by atoms with van der Waals surface area (Å²) in [6, 6.07) is 1.42. The number of nitrogens with one attached hydrogen (secondary N) is 1. The molecule has 23 heavy (non-hydrogen) atoms. The molecule has 2 atom stereocenters. The second-order valence-corrected chi connectivity index (χ2v) is 6.56. The third kappa shape index (κ3) is 3.77. The van der Waals surface area contributed by atoms with Crippen molar-refractivity contribution in [1.82, 2.24) is 15.0 Å². The van der Waals surface area contributed by atoms with Gasteiger partial charge in [-0.1, -0.05) is 5.16 Å². The van der Waals surface area contributed by atoms with E-state index in [1.807, 2.05) is 19.2 Å². The molecule has 0 aliphatic carbocycles. The highest BCUT2D eigenvalue weighted by Gasteiger charge is 2.30. The van der Waals surface area contributed by atoms with E-state index in [1.165, 1.54) is 0 Å². The first kappa shape index (κ1) is 16.1. The van der Waals surface area contributed by atoms with Crippen LogP contribution in [0.4, 0.5) is 5.82 Å². The second kappa shape index (κ2) is 6.77. The number of carbonyl (C=O) groups is 1. The van der Waals surface area contributed by atoms with Crippen LogP contribution in [-0.4, -0.2) is 46.7 Å². The van der Waals surface area contributed by atoms with Crippen molar-refractivity contribution in [1.29, 1.82) is 0 Å². The van der Waals surface area contributed by atoms with E-state index in [4.69, 9.17) is 9.26 Å². The Kier molecular flexibility index (Phi) is 4.74. The Balaban J connectivity index is 1.62. The number of carbonyl (C=O) groups excluding carboxylic acids is 1. The van der Waals surface area contributed by atoms with E-state index in [2.05, 4.69) is 20.4 Å². The quantitative estimate of drug-likeness (QED) is 0.921. The lowest BCUT2D eigenvalue weighted by atomic mass is 10.2. The molecule has 2 aromatic heterocycles. The Morgan fingerprint density at radius 2 is 2.35 bits per heavy atom. The molecule has 7 nitrogen and oxygen atoms in total. The highest BCUT2D eigenvalue weighted by molar-refractivity contribution is 7.09. The van der Waals surface area contributed by atoms with E-state index in [1.54, 1.807) is 24.3 Å². The molecule has 1 N–H and O–H groups in total. The van der Waals surface area contributed by atoms with Gasteiger partial charge >= 0.3 is 0 Å². The van der Waals surface area contributed by atoms with Gasteiger partial charge in [-0.3, -0.25) is 9.69 Å². The molecule has 0 radical (unpaired) electrons. The van der Waals surface area contributed by atoms with Gasteiger partial charge in [-0.2, -0.15) is 0 Å². The van der Waals surface area contributed by atoms with Crippen molar-refractivity contribution >= 4 is 23.1 Å². The second-order valence-electron chi connectivity index (χ2n) is 5.67. The van der Waals surface area contributed by atoms with Crippen LogP contribution in [0.3, 0.4) is 0 Å². The maximum atomic E-state index is 12.4. The number of nitrogens with zero attached hydrogens (tertiary/aromatic N) is 3. The lowest BCUT2D eigenvalue weighted by molar-refractivity contribution is -0.124. The molecule has 1 aliphatic heterocycles. The van der Waals surface area contributed by atoms with Crippen LogP contribution in [0.1, 0.15) is 29.5 Å². The molecular formula is C15H20N4O3S. The monoisotopic (exact) mass is 336 g/mol. The van der Waals surface area contributed by atoms with Gasteiger partial charge in [0.15, 0.2) is 5.82 Å². The van der Waals surface area contributed by atoms with Gasteiger partial charge in [0.05, 0.1) is 12.6 Å². The molecule has 0 bridgehead atoms. The summed E-state index contributed by atoms with van der Waals surface area (Å²) < 4.78 is 10.8. The van der Waals surface area contributed by atoms with Gasteiger partial charge in [0.1, 0.15) is 16.9 Å². The van der Waals surface area contributed by atoms with Crippen LogP contribution in [0.5, 0.6) is 0 Å². The highest BCUT2D eigenvalue weighted by atomic mass is 32.1. The summed E-state index contributed by atoms with van der Waals surface area (Å²) in [5.41, 5.74) is 0.998. The lowest BCUT2D eigenvalue weighted by Crippen LogP contribution is -2.48. The number of hydrogen-bond acceptors (Lipinski definition) is 7. The van der Waals surface area contributed by atoms with E-state index < -0.39 is 0 Å². The van der Waals surface area contributed by atoms with Crippen LogP contribution in [0.2, 0.25) is 0 Å². The number of hydrogen-bond donors (Lipinski definition) is 1. The van der Waals surface area contributed by atoms with Crippen molar-refractivity contribution in [2.45, 2.75) is 32.9 Å². The largest absolute Gasteiger partial charge is 0.368 e. The maximum absolute atomic E-state index is 12.4. The predicted octanol–water partition coefficient (Wildman–Crippen LogP) is 2.15. The molecule has 2 aromatic rings. The van der Waals surface area contributed by atoms with E-state index in [9.17, 15) is 4.79 Å². The Hall–Kier alpha value is -1.77. The predicted molar refractivity (Wildman–Crippen MR) is 86.4 cm³/mol. The molecule has 8 heteroatoms. The zero-order chi connectivity index (χ0) is 16.4. The number of thiazole rings is 1. The van der Waals surface area contributed by atoms with Crippen molar-refractivity contribution in [3.8, 4) is 0 Å². The molecule has 3 rings (SSSR count). The molecule has 1 amide bonds. The molecule has 0 unspecified atom stereocenters. The summed E-state index contributed by atoms with van der Waals surface area (Å²) in [5, 5.41) is 9.55. The number of ether oxygens (including phenoxy) is 1. The SMILES string of the molecule is Cc1csc([C@H]2CN([C@H](C)C(=O)Nc3cc(C)on3)CCO2)n1. The normalized spacial score (nSPS) is 20.4. The van der Waals surface area contributed by atoms with Gasteiger partial charge in [0.25, 0.3) is 0 Å². The van der Waals surface area contributed by atoms with Gasteiger partial charge in [0.2, 0.25) is 5.91 Å². The first-order valence-corrected chi connectivity index (χ1v) is 8.43. The van der Waals surface area contributed by atoms with Crippen molar-refractivity contribution in [2.75, 3.05) is 25.0 Å². The number of aromatic nitrogens is 2. The van der Waals surface area contributed by atoms with E-state index in [0.717, 1.165) is 10.7 Å². The molecule has 1 fully saturated rings. The van der Waals surface area contributed by atoms with E-state index in [0.29, 0.717) is 31.3 Å². The summed E-state index contributed by atoms with van der Waals surface area (Å²) in [7, 11) is 0. The zero-order valence-corrected chi connectivity index (χ0v) is 14.2. The summed E-state index contributed by atoms with van der Waals surface area (Å²) in [4.78, 5) is 19.0. The van der Waals surface area contributed by atoms with Crippen molar-refractivity contribution in [2.24, 2.45) is 0 Å². The van der Waals surface area contributed by atoms with Crippen LogP contribution in [0, 0.1) is 13.8 Å². The van der Waals surface area contributed by atoms with Crippen LogP contribution in [-0.2, 0) is 9.53 Å². The average Bonchev–Trinajstić information content (AvgIpc) is 3.15. The minimum atomic E-state index is -0.278. The summed E-state index contributed by atoms with van der Waals surface area (Å²) >= 11 is 1.60. The van der Waals surface area contributed by atoms with E-state index in [-0.39, 0.29) is 18.1 Å². The van der Waals surface area contributed by atoms with Gasteiger partial charge in [-0.15, -0.1) is 11.3 Å². The van der Waals surface area contributed by atoms with Gasteiger partial charge in [-0.05, 0) is 20.8 Å². The molecule has 124 valence electrons. The lowest BCUT2D eigenvalue weighted by Gasteiger charge is -2.35.